The van der Waals surface area contributed by atoms with Crippen molar-refractivity contribution >= 4 is 63.6 Å². The van der Waals surface area contributed by atoms with Crippen molar-refractivity contribution in [1.29, 1.82) is 0 Å². The molecule has 4 aromatic rings. The number of aryl methyl sites for hydroxylation is 1. The molecule has 10 heteroatoms. The quantitative estimate of drug-likeness (QED) is 0.248. The van der Waals surface area contributed by atoms with Crippen LogP contribution in [-0.2, 0) is 16.2 Å². The Hall–Kier alpha value is -4.40. The summed E-state index contributed by atoms with van der Waals surface area (Å²) >= 11 is 13.1. The second-order valence-corrected chi connectivity index (χ2v) is 9.92. The molecule has 0 saturated carbocycles. The number of ether oxygens (including phenoxy) is 1. The van der Waals surface area contributed by atoms with Crippen molar-refractivity contribution in [2.45, 2.75) is 13.5 Å². The average Bonchev–Trinajstić information content (AvgIpc) is 2.98. The molecule has 0 saturated heterocycles. The molecule has 0 spiro atoms. The summed E-state index contributed by atoms with van der Waals surface area (Å²) in [6.07, 6.45) is 2.91. The van der Waals surface area contributed by atoms with E-state index in [-0.39, 0.29) is 30.0 Å². The number of fused-ring (bicyclic) bond motifs is 1. The normalized spacial score (nSPS) is 11.0. The maximum Gasteiger partial charge on any atom is 0.251 e. The van der Waals surface area contributed by atoms with E-state index in [1.54, 1.807) is 56.6 Å². The zero-order chi connectivity index (χ0) is 29.5. The standard InChI is InChI=1S/C31H28Cl2N4O4/c1-19-7-11-21-5-4-6-26(30(21)36-19)41-18-23-24(32)14-15-25(29(23)33)37(3)28(39)17-35-27(38)16-10-20-8-12-22(13-9-20)31(40)34-2/h4-16H,17-18H2,1-3H3,(H,34,40)(H,35,38)/b16-10+. The van der Waals surface area contributed by atoms with Gasteiger partial charge in [-0.15, -0.1) is 0 Å². The molecule has 0 bridgehead atoms. The first kappa shape index (κ1) is 29.6. The molecular weight excluding hydrogens is 563 g/mol. The molecule has 1 aromatic heterocycles. The van der Waals surface area contributed by atoms with E-state index >= 15 is 0 Å². The van der Waals surface area contributed by atoms with Crippen molar-refractivity contribution in [2.75, 3.05) is 25.5 Å². The molecule has 8 nitrogen and oxygen atoms in total. The predicted molar refractivity (Wildman–Crippen MR) is 163 cm³/mol. The number of nitrogens with zero attached hydrogens (tertiary/aromatic N) is 2. The summed E-state index contributed by atoms with van der Waals surface area (Å²) < 4.78 is 6.06. The second-order valence-electron chi connectivity index (χ2n) is 9.13. The molecule has 2 N–H and O–H groups in total. The highest BCUT2D eigenvalue weighted by molar-refractivity contribution is 6.38. The van der Waals surface area contributed by atoms with Gasteiger partial charge in [0.05, 0.1) is 17.3 Å². The topological polar surface area (TPSA) is 101 Å². The average molecular weight is 591 g/mol. The van der Waals surface area contributed by atoms with E-state index in [2.05, 4.69) is 15.6 Å². The zero-order valence-electron chi connectivity index (χ0n) is 22.7. The van der Waals surface area contributed by atoms with E-state index < -0.39 is 5.91 Å². The lowest BCUT2D eigenvalue weighted by Gasteiger charge is -2.21. The highest BCUT2D eigenvalue weighted by Crippen LogP contribution is 2.35. The molecule has 0 fully saturated rings. The highest BCUT2D eigenvalue weighted by atomic mass is 35.5. The molecule has 0 atom stereocenters. The summed E-state index contributed by atoms with van der Waals surface area (Å²) in [5, 5.41) is 6.73. The van der Waals surface area contributed by atoms with Gasteiger partial charge in [-0.3, -0.25) is 14.4 Å². The van der Waals surface area contributed by atoms with Gasteiger partial charge in [0.1, 0.15) is 17.9 Å². The third-order valence-electron chi connectivity index (χ3n) is 6.34. The summed E-state index contributed by atoms with van der Waals surface area (Å²) in [5.41, 5.74) is 3.78. The molecule has 0 radical (unpaired) electrons. The molecule has 1 heterocycles. The van der Waals surface area contributed by atoms with Gasteiger partial charge < -0.3 is 20.3 Å². The predicted octanol–water partition coefficient (Wildman–Crippen LogP) is 5.58. The van der Waals surface area contributed by atoms with Crippen LogP contribution in [0.1, 0.15) is 27.2 Å². The van der Waals surface area contributed by atoms with Crippen molar-refractivity contribution in [3.8, 4) is 5.75 Å². The van der Waals surface area contributed by atoms with Gasteiger partial charge in [-0.2, -0.15) is 0 Å². The number of nitrogens with one attached hydrogen (secondary N) is 2. The van der Waals surface area contributed by atoms with Crippen molar-refractivity contribution < 1.29 is 19.1 Å². The summed E-state index contributed by atoms with van der Waals surface area (Å²) in [7, 11) is 3.12. The van der Waals surface area contributed by atoms with Crippen LogP contribution in [0.25, 0.3) is 17.0 Å². The fourth-order valence-electron chi connectivity index (χ4n) is 4.00. The molecule has 3 aromatic carbocycles. The number of carbonyl (C=O) groups is 3. The fourth-order valence-corrected chi connectivity index (χ4v) is 4.60. The number of halogens is 2. The largest absolute Gasteiger partial charge is 0.487 e. The summed E-state index contributed by atoms with van der Waals surface area (Å²) in [6, 6.07) is 19.6. The molecular formula is C31H28Cl2N4O4. The van der Waals surface area contributed by atoms with E-state index in [1.807, 2.05) is 37.3 Å². The molecule has 3 amide bonds. The van der Waals surface area contributed by atoms with Crippen LogP contribution in [0.3, 0.4) is 0 Å². The zero-order valence-corrected chi connectivity index (χ0v) is 24.2. The Labute approximate surface area is 247 Å². The maximum atomic E-state index is 12.9. The number of hydrogen-bond acceptors (Lipinski definition) is 5. The van der Waals surface area contributed by atoms with Crippen LogP contribution in [0.4, 0.5) is 5.69 Å². The van der Waals surface area contributed by atoms with Gasteiger partial charge in [0.25, 0.3) is 5.91 Å². The second kappa shape index (κ2) is 13.3. The molecule has 0 aliphatic heterocycles. The molecule has 41 heavy (non-hydrogen) atoms. The van der Waals surface area contributed by atoms with Crippen LogP contribution < -0.4 is 20.3 Å². The molecule has 0 aliphatic carbocycles. The Morgan fingerprint density at radius 1 is 1.00 bits per heavy atom. The van der Waals surface area contributed by atoms with Gasteiger partial charge in [-0.25, -0.2) is 4.98 Å². The van der Waals surface area contributed by atoms with Gasteiger partial charge in [0.15, 0.2) is 0 Å². The van der Waals surface area contributed by atoms with Crippen molar-refractivity contribution in [1.82, 2.24) is 15.6 Å². The van der Waals surface area contributed by atoms with E-state index in [0.29, 0.717) is 27.6 Å². The minimum absolute atomic E-state index is 0.0634. The van der Waals surface area contributed by atoms with Gasteiger partial charge in [-0.1, -0.05) is 53.5 Å². The minimum Gasteiger partial charge on any atom is -0.487 e. The van der Waals surface area contributed by atoms with Gasteiger partial charge >= 0.3 is 0 Å². The molecule has 210 valence electrons. The number of pyridine rings is 1. The number of likely N-dealkylation sites (N-methyl/N-ethyl adjacent to an activating group) is 1. The Kier molecular flexibility index (Phi) is 9.60. The van der Waals surface area contributed by atoms with Crippen molar-refractivity contribution in [2.24, 2.45) is 0 Å². The van der Waals surface area contributed by atoms with Crippen LogP contribution >= 0.6 is 23.2 Å². The number of para-hydroxylation sites is 1. The van der Waals surface area contributed by atoms with E-state index in [9.17, 15) is 14.4 Å². The van der Waals surface area contributed by atoms with Crippen LogP contribution in [0.15, 0.2) is 72.8 Å². The number of amides is 3. The molecule has 0 aliphatic rings. The van der Waals surface area contributed by atoms with Crippen LogP contribution in [-0.4, -0.2) is 43.3 Å². The first-order chi connectivity index (χ1) is 19.7. The van der Waals surface area contributed by atoms with Crippen molar-refractivity contribution in [3.63, 3.8) is 0 Å². The van der Waals surface area contributed by atoms with Crippen molar-refractivity contribution in [3.05, 3.63) is 105 Å². The van der Waals surface area contributed by atoms with Crippen LogP contribution in [0.5, 0.6) is 5.75 Å². The summed E-state index contributed by atoms with van der Waals surface area (Å²) in [5.74, 6) is -0.436. The Balaban J connectivity index is 1.39. The number of benzene rings is 3. The minimum atomic E-state index is -0.447. The van der Waals surface area contributed by atoms with Crippen LogP contribution in [0, 0.1) is 6.92 Å². The monoisotopic (exact) mass is 590 g/mol. The lowest BCUT2D eigenvalue weighted by Crippen LogP contribution is -2.37. The third kappa shape index (κ3) is 7.22. The Morgan fingerprint density at radius 3 is 2.49 bits per heavy atom. The first-order valence-corrected chi connectivity index (χ1v) is 13.4. The molecule has 0 unspecified atom stereocenters. The summed E-state index contributed by atoms with van der Waals surface area (Å²) in [6.45, 7) is 1.72. The highest BCUT2D eigenvalue weighted by Gasteiger charge is 2.19. The Morgan fingerprint density at radius 2 is 1.76 bits per heavy atom. The smallest absolute Gasteiger partial charge is 0.251 e. The van der Waals surface area contributed by atoms with E-state index in [0.717, 1.165) is 22.2 Å². The fraction of sp³-hybridized carbons (Fsp3) is 0.161. The van der Waals surface area contributed by atoms with Crippen LogP contribution in [0.2, 0.25) is 10.0 Å². The van der Waals surface area contributed by atoms with Gasteiger partial charge in [0, 0.05) is 47.4 Å². The number of aromatic nitrogens is 1. The SMILES string of the molecule is CNC(=O)c1ccc(/C=C/C(=O)NCC(=O)N(C)c2ccc(Cl)c(COc3cccc4ccc(C)nc34)c2Cl)cc1. The first-order valence-electron chi connectivity index (χ1n) is 12.7. The summed E-state index contributed by atoms with van der Waals surface area (Å²) in [4.78, 5) is 42.8. The number of carbonyl (C=O) groups excluding carboxylic acids is 3. The van der Waals surface area contributed by atoms with E-state index in [1.165, 1.54) is 11.0 Å². The number of hydrogen-bond donors (Lipinski definition) is 2. The third-order valence-corrected chi connectivity index (χ3v) is 7.11. The molecule has 4 rings (SSSR count). The van der Waals surface area contributed by atoms with E-state index in [4.69, 9.17) is 27.9 Å². The van der Waals surface area contributed by atoms with Gasteiger partial charge in [-0.05, 0) is 55.0 Å². The lowest BCUT2D eigenvalue weighted by molar-refractivity contribution is -0.122. The maximum absolute atomic E-state index is 12.9. The lowest BCUT2D eigenvalue weighted by atomic mass is 10.1. The number of rotatable bonds is 9. The van der Waals surface area contributed by atoms with Gasteiger partial charge in [0.2, 0.25) is 11.8 Å². The Bertz CT molecular complexity index is 1640. The number of anilines is 1.